The molecule has 3 aromatic carbocycles. The predicted molar refractivity (Wildman–Crippen MR) is 121 cm³/mol. The third-order valence-electron chi connectivity index (χ3n) is 5.88. The van der Waals surface area contributed by atoms with Gasteiger partial charge in [-0.2, -0.15) is 0 Å². The summed E-state index contributed by atoms with van der Waals surface area (Å²) in [4.78, 5) is 26.0. The van der Waals surface area contributed by atoms with E-state index >= 15 is 0 Å². The van der Waals surface area contributed by atoms with E-state index < -0.39 is 11.8 Å². The topological polar surface area (TPSA) is 76.7 Å². The van der Waals surface area contributed by atoms with Gasteiger partial charge in [0, 0.05) is 30.2 Å². The first-order valence-corrected chi connectivity index (χ1v) is 10.9. The summed E-state index contributed by atoms with van der Waals surface area (Å²) >= 11 is 0. The molecule has 32 heavy (non-hydrogen) atoms. The first-order valence-electron chi connectivity index (χ1n) is 10.9. The lowest BCUT2D eigenvalue weighted by Gasteiger charge is -2.21. The van der Waals surface area contributed by atoms with Gasteiger partial charge >= 0.3 is 0 Å². The molecule has 2 N–H and O–H groups in total. The number of rotatable bonds is 5. The first-order chi connectivity index (χ1) is 15.6. The normalized spacial score (nSPS) is 16.5. The number of fused-ring (bicyclic) bond motifs is 1. The quantitative estimate of drug-likeness (QED) is 0.610. The second-order valence-electron chi connectivity index (χ2n) is 8.16. The smallest absolute Gasteiger partial charge is 0.252 e. The van der Waals surface area contributed by atoms with E-state index in [-0.39, 0.29) is 11.8 Å². The van der Waals surface area contributed by atoms with Gasteiger partial charge in [-0.05, 0) is 42.7 Å². The molecule has 6 nitrogen and oxygen atoms in total. The van der Waals surface area contributed by atoms with Gasteiger partial charge in [0.05, 0.1) is 0 Å². The Labute approximate surface area is 186 Å². The zero-order valence-corrected chi connectivity index (χ0v) is 17.5. The maximum atomic E-state index is 13.2. The second kappa shape index (κ2) is 8.38. The molecular weight excluding hydrogens is 404 g/mol. The van der Waals surface area contributed by atoms with Crippen LogP contribution in [0.3, 0.4) is 0 Å². The van der Waals surface area contributed by atoms with Crippen molar-refractivity contribution in [3.63, 3.8) is 0 Å². The molecule has 2 aliphatic rings. The minimum atomic E-state index is -0.851. The van der Waals surface area contributed by atoms with Crippen molar-refractivity contribution >= 4 is 17.5 Å². The SMILES string of the molecule is O=C(NC(C(=O)Nc1ccc2c(c1)OC1(CCCC1)O2)c1ccccc1)c1ccccc1. The van der Waals surface area contributed by atoms with Crippen molar-refractivity contribution in [1.29, 1.82) is 0 Å². The fraction of sp³-hybridized carbons (Fsp3) is 0.231. The van der Waals surface area contributed by atoms with Gasteiger partial charge in [-0.1, -0.05) is 48.5 Å². The van der Waals surface area contributed by atoms with Crippen LogP contribution < -0.4 is 20.1 Å². The minimum absolute atomic E-state index is 0.316. The maximum absolute atomic E-state index is 13.2. The predicted octanol–water partition coefficient (Wildman–Crippen LogP) is 4.84. The lowest BCUT2D eigenvalue weighted by molar-refractivity contribution is -0.118. The number of amides is 2. The van der Waals surface area contributed by atoms with Crippen molar-refractivity contribution < 1.29 is 19.1 Å². The summed E-state index contributed by atoms with van der Waals surface area (Å²) in [5.41, 5.74) is 1.77. The molecule has 1 heterocycles. The van der Waals surface area contributed by atoms with E-state index in [1.807, 2.05) is 42.5 Å². The summed E-state index contributed by atoms with van der Waals surface area (Å²) in [5, 5.41) is 5.77. The summed E-state index contributed by atoms with van der Waals surface area (Å²) in [6.45, 7) is 0. The Hall–Kier alpha value is -3.80. The van der Waals surface area contributed by atoms with Crippen LogP contribution in [0.15, 0.2) is 78.9 Å². The Balaban J connectivity index is 1.35. The number of benzene rings is 3. The molecule has 6 heteroatoms. The molecule has 1 unspecified atom stereocenters. The summed E-state index contributed by atoms with van der Waals surface area (Å²) in [7, 11) is 0. The number of ether oxygens (including phenoxy) is 2. The van der Waals surface area contributed by atoms with Crippen molar-refractivity contribution in [2.24, 2.45) is 0 Å². The molecule has 0 radical (unpaired) electrons. The maximum Gasteiger partial charge on any atom is 0.252 e. The fourth-order valence-corrected chi connectivity index (χ4v) is 4.25. The van der Waals surface area contributed by atoms with Crippen molar-refractivity contribution in [2.45, 2.75) is 37.5 Å². The Bertz CT molecular complexity index is 1130. The van der Waals surface area contributed by atoms with Crippen molar-refractivity contribution in [3.05, 3.63) is 90.0 Å². The minimum Gasteiger partial charge on any atom is -0.448 e. The summed E-state index contributed by atoms with van der Waals surface area (Å²) in [6.07, 6.45) is 3.89. The van der Waals surface area contributed by atoms with Crippen LogP contribution in [0.4, 0.5) is 5.69 Å². The number of carbonyl (C=O) groups excluding carboxylic acids is 2. The largest absolute Gasteiger partial charge is 0.448 e. The highest BCUT2D eigenvalue weighted by Crippen LogP contribution is 2.47. The average molecular weight is 428 g/mol. The Morgan fingerprint density at radius 2 is 1.47 bits per heavy atom. The molecule has 2 amide bonds. The summed E-state index contributed by atoms with van der Waals surface area (Å²) in [5.74, 6) is 0.121. The molecule has 1 spiro atoms. The van der Waals surface area contributed by atoms with Crippen molar-refractivity contribution in [1.82, 2.24) is 5.32 Å². The third-order valence-corrected chi connectivity index (χ3v) is 5.88. The number of carbonyl (C=O) groups is 2. The highest BCUT2D eigenvalue weighted by Gasteiger charge is 2.44. The van der Waals surface area contributed by atoms with Crippen LogP contribution in [-0.4, -0.2) is 17.6 Å². The number of hydrogen-bond acceptors (Lipinski definition) is 4. The van der Waals surface area contributed by atoms with Crippen LogP contribution in [-0.2, 0) is 4.79 Å². The molecule has 0 aromatic heterocycles. The van der Waals surface area contributed by atoms with Crippen LogP contribution in [0, 0.1) is 0 Å². The molecule has 1 aliphatic carbocycles. The summed E-state index contributed by atoms with van der Waals surface area (Å²) in [6, 6.07) is 22.6. The molecule has 0 saturated heterocycles. The fourth-order valence-electron chi connectivity index (χ4n) is 4.25. The standard InChI is InChI=1S/C26H24N2O4/c29-24(19-11-5-2-6-12-19)28-23(18-9-3-1-4-10-18)25(30)27-20-13-14-21-22(17-20)32-26(31-21)15-7-8-16-26/h1-6,9-14,17,23H,7-8,15-16H2,(H,27,30)(H,28,29). The van der Waals surface area contributed by atoms with Gasteiger partial charge in [-0.15, -0.1) is 0 Å². The molecule has 162 valence electrons. The van der Waals surface area contributed by atoms with E-state index in [0.29, 0.717) is 28.3 Å². The van der Waals surface area contributed by atoms with E-state index in [0.717, 1.165) is 25.7 Å². The van der Waals surface area contributed by atoms with Crippen LogP contribution in [0.25, 0.3) is 0 Å². The third kappa shape index (κ3) is 4.04. The number of nitrogens with one attached hydrogen (secondary N) is 2. The van der Waals surface area contributed by atoms with E-state index in [1.165, 1.54) is 0 Å². The Morgan fingerprint density at radius 3 is 2.19 bits per heavy atom. The van der Waals surface area contributed by atoms with Gasteiger partial charge in [0.1, 0.15) is 6.04 Å². The zero-order chi connectivity index (χ0) is 22.0. The molecular formula is C26H24N2O4. The first kappa shape index (κ1) is 20.1. The van der Waals surface area contributed by atoms with Gasteiger partial charge < -0.3 is 20.1 Å². The van der Waals surface area contributed by atoms with Crippen LogP contribution in [0.1, 0.15) is 47.6 Å². The molecule has 1 aliphatic heterocycles. The van der Waals surface area contributed by atoms with E-state index in [2.05, 4.69) is 10.6 Å². The molecule has 1 saturated carbocycles. The van der Waals surface area contributed by atoms with Crippen molar-refractivity contribution in [2.75, 3.05) is 5.32 Å². The van der Waals surface area contributed by atoms with Gasteiger partial charge in [0.15, 0.2) is 11.5 Å². The molecule has 3 aromatic rings. The number of hydrogen-bond donors (Lipinski definition) is 2. The second-order valence-corrected chi connectivity index (χ2v) is 8.16. The van der Waals surface area contributed by atoms with E-state index in [9.17, 15) is 9.59 Å². The Kier molecular flexibility index (Phi) is 5.27. The lowest BCUT2D eigenvalue weighted by atomic mass is 10.1. The van der Waals surface area contributed by atoms with Gasteiger partial charge in [-0.25, -0.2) is 0 Å². The van der Waals surface area contributed by atoms with E-state index in [1.54, 1.807) is 36.4 Å². The monoisotopic (exact) mass is 428 g/mol. The van der Waals surface area contributed by atoms with Gasteiger partial charge in [0.2, 0.25) is 0 Å². The van der Waals surface area contributed by atoms with Crippen LogP contribution in [0.2, 0.25) is 0 Å². The van der Waals surface area contributed by atoms with Crippen LogP contribution in [0.5, 0.6) is 11.5 Å². The zero-order valence-electron chi connectivity index (χ0n) is 17.5. The highest BCUT2D eigenvalue weighted by atomic mass is 16.7. The molecule has 1 atom stereocenters. The van der Waals surface area contributed by atoms with E-state index in [4.69, 9.17) is 9.47 Å². The van der Waals surface area contributed by atoms with Crippen molar-refractivity contribution in [3.8, 4) is 11.5 Å². The molecule has 1 fully saturated rings. The highest BCUT2D eigenvalue weighted by molar-refractivity contribution is 6.01. The number of anilines is 1. The molecule has 5 rings (SSSR count). The molecule has 0 bridgehead atoms. The van der Waals surface area contributed by atoms with Gasteiger partial charge in [0.25, 0.3) is 17.6 Å². The summed E-state index contributed by atoms with van der Waals surface area (Å²) < 4.78 is 12.1. The van der Waals surface area contributed by atoms with Gasteiger partial charge in [-0.3, -0.25) is 9.59 Å². The van der Waals surface area contributed by atoms with Crippen LogP contribution >= 0.6 is 0 Å². The Morgan fingerprint density at radius 1 is 0.812 bits per heavy atom. The lowest BCUT2D eigenvalue weighted by Crippen LogP contribution is -2.37. The average Bonchev–Trinajstić information content (AvgIpc) is 3.43.